The molecule has 1 aromatic heterocycles. The summed E-state index contributed by atoms with van der Waals surface area (Å²) >= 11 is 1.74. The zero-order chi connectivity index (χ0) is 16.2. The van der Waals surface area contributed by atoms with Crippen molar-refractivity contribution in [1.29, 1.82) is 0 Å². The molecule has 0 bridgehead atoms. The Morgan fingerprint density at radius 2 is 2.00 bits per heavy atom. The lowest BCUT2D eigenvalue weighted by molar-refractivity contribution is 0.346. The maximum absolute atomic E-state index is 12.8. The Bertz CT molecular complexity index is 597. The maximum atomic E-state index is 12.8. The van der Waals surface area contributed by atoms with Crippen LogP contribution in [0, 0.1) is 0 Å². The molecule has 1 fully saturated rings. The van der Waals surface area contributed by atoms with Gasteiger partial charge in [0.05, 0.1) is 0 Å². The summed E-state index contributed by atoms with van der Waals surface area (Å²) in [4.78, 5) is 4.54. The molecule has 2 heterocycles. The Kier molecular flexibility index (Phi) is 5.74. The quantitative estimate of drug-likeness (QED) is 0.860. The first-order valence-electron chi connectivity index (χ1n) is 7.61. The molecule has 0 amide bonds. The van der Waals surface area contributed by atoms with E-state index in [0.29, 0.717) is 25.5 Å². The highest BCUT2D eigenvalue weighted by Crippen LogP contribution is 2.27. The third kappa shape index (κ3) is 4.14. The molecule has 5 nitrogen and oxygen atoms in total. The molecule has 2 rings (SSSR count). The second-order valence-electron chi connectivity index (χ2n) is 6.13. The molecule has 0 aromatic carbocycles. The first-order chi connectivity index (χ1) is 10.4. The molecular formula is C15H25N3O2S2. The van der Waals surface area contributed by atoms with Crippen molar-refractivity contribution in [2.45, 2.75) is 42.8 Å². The minimum Gasteiger partial charge on any atom is -0.368 e. The van der Waals surface area contributed by atoms with Gasteiger partial charge in [0, 0.05) is 30.6 Å². The summed E-state index contributed by atoms with van der Waals surface area (Å²) in [7, 11) is -3.47. The number of nitrogens with one attached hydrogen (secondary N) is 1. The van der Waals surface area contributed by atoms with E-state index in [9.17, 15) is 8.42 Å². The van der Waals surface area contributed by atoms with Crippen molar-refractivity contribution in [2.24, 2.45) is 0 Å². The van der Waals surface area contributed by atoms with Crippen LogP contribution in [0.5, 0.6) is 0 Å². The Labute approximate surface area is 137 Å². The van der Waals surface area contributed by atoms with Gasteiger partial charge in [0.15, 0.2) is 0 Å². The number of piperidine rings is 1. The average molecular weight is 344 g/mol. The molecular weight excluding hydrogens is 318 g/mol. The first kappa shape index (κ1) is 17.6. The van der Waals surface area contributed by atoms with Gasteiger partial charge in [0.2, 0.25) is 10.0 Å². The fourth-order valence-electron chi connectivity index (χ4n) is 2.34. The van der Waals surface area contributed by atoms with Gasteiger partial charge in [-0.3, -0.25) is 0 Å². The zero-order valence-electron chi connectivity index (χ0n) is 13.5. The van der Waals surface area contributed by atoms with Crippen LogP contribution in [0.2, 0.25) is 0 Å². The molecule has 1 saturated heterocycles. The summed E-state index contributed by atoms with van der Waals surface area (Å²) in [6.07, 6.45) is 6.64. The van der Waals surface area contributed by atoms with E-state index in [1.807, 2.05) is 6.26 Å². The number of hydrogen-bond donors (Lipinski definition) is 1. The van der Waals surface area contributed by atoms with Gasteiger partial charge in [-0.15, -0.1) is 0 Å². The average Bonchev–Trinajstić information content (AvgIpc) is 2.54. The van der Waals surface area contributed by atoms with Gasteiger partial charge in [-0.05, 0) is 45.1 Å². The highest BCUT2D eigenvalue weighted by Gasteiger charge is 2.29. The van der Waals surface area contributed by atoms with Crippen molar-refractivity contribution in [3.05, 3.63) is 18.3 Å². The molecule has 1 aliphatic heterocycles. The number of rotatable bonds is 6. The molecule has 0 spiro atoms. The first-order valence-corrected chi connectivity index (χ1v) is 10.3. The van der Waals surface area contributed by atoms with Gasteiger partial charge < -0.3 is 5.32 Å². The number of anilines is 1. The fourth-order valence-corrected chi connectivity index (χ4v) is 4.20. The minimum absolute atomic E-state index is 0.0175. The summed E-state index contributed by atoms with van der Waals surface area (Å²) in [5, 5.41) is 3.21. The zero-order valence-corrected chi connectivity index (χ0v) is 15.1. The Morgan fingerprint density at radius 1 is 1.32 bits per heavy atom. The number of pyridine rings is 1. The SMILES string of the molecule is CSC(C)(C)CNc1ncccc1S(=O)(=O)N1CCCCC1. The highest BCUT2D eigenvalue weighted by atomic mass is 32.2. The van der Waals surface area contributed by atoms with Crippen molar-refractivity contribution in [3.63, 3.8) is 0 Å². The van der Waals surface area contributed by atoms with Crippen molar-refractivity contribution in [3.8, 4) is 0 Å². The van der Waals surface area contributed by atoms with E-state index >= 15 is 0 Å². The second-order valence-corrected chi connectivity index (χ2v) is 9.55. The largest absolute Gasteiger partial charge is 0.368 e. The predicted molar refractivity (Wildman–Crippen MR) is 92.9 cm³/mol. The topological polar surface area (TPSA) is 62.3 Å². The maximum Gasteiger partial charge on any atom is 0.246 e. The fraction of sp³-hybridized carbons (Fsp3) is 0.667. The van der Waals surface area contributed by atoms with Gasteiger partial charge in [0.1, 0.15) is 10.7 Å². The van der Waals surface area contributed by atoms with Crippen molar-refractivity contribution in [2.75, 3.05) is 31.2 Å². The molecule has 0 atom stereocenters. The number of nitrogens with zero attached hydrogens (tertiary/aromatic N) is 2. The lowest BCUT2D eigenvalue weighted by atomic mass is 10.2. The van der Waals surface area contributed by atoms with Gasteiger partial charge in [-0.25, -0.2) is 13.4 Å². The molecule has 22 heavy (non-hydrogen) atoms. The van der Waals surface area contributed by atoms with Crippen LogP contribution < -0.4 is 5.32 Å². The summed E-state index contributed by atoms with van der Waals surface area (Å²) in [5.74, 6) is 0.454. The molecule has 0 radical (unpaired) electrons. The van der Waals surface area contributed by atoms with E-state index in [1.54, 1.807) is 34.4 Å². The van der Waals surface area contributed by atoms with Gasteiger partial charge in [-0.2, -0.15) is 16.1 Å². The van der Waals surface area contributed by atoms with Gasteiger partial charge >= 0.3 is 0 Å². The molecule has 0 aliphatic carbocycles. The number of sulfonamides is 1. The monoisotopic (exact) mass is 343 g/mol. The normalized spacial score (nSPS) is 17.4. The summed E-state index contributed by atoms with van der Waals surface area (Å²) in [6.45, 7) is 6.10. The Hall–Kier alpha value is -0.790. The third-order valence-corrected chi connectivity index (χ3v) is 7.12. The van der Waals surface area contributed by atoms with Crippen LogP contribution in [-0.2, 0) is 10.0 Å². The number of hydrogen-bond acceptors (Lipinski definition) is 5. The Morgan fingerprint density at radius 3 is 2.64 bits per heavy atom. The minimum atomic E-state index is -3.47. The summed E-state index contributed by atoms with van der Waals surface area (Å²) in [6, 6.07) is 3.33. The van der Waals surface area contributed by atoms with Crippen LogP contribution in [0.1, 0.15) is 33.1 Å². The van der Waals surface area contributed by atoms with E-state index in [2.05, 4.69) is 24.1 Å². The van der Waals surface area contributed by atoms with Gasteiger partial charge in [-0.1, -0.05) is 6.42 Å². The van der Waals surface area contributed by atoms with Crippen molar-refractivity contribution in [1.82, 2.24) is 9.29 Å². The van der Waals surface area contributed by atoms with Crippen molar-refractivity contribution < 1.29 is 8.42 Å². The molecule has 0 unspecified atom stereocenters. The van der Waals surface area contributed by atoms with E-state index in [4.69, 9.17) is 0 Å². The standard InChI is InChI=1S/C15H25N3O2S2/c1-15(2,21-3)12-17-14-13(8-7-9-16-14)22(19,20)18-10-5-4-6-11-18/h7-9H,4-6,10-12H2,1-3H3,(H,16,17). The molecule has 1 aromatic rings. The smallest absolute Gasteiger partial charge is 0.246 e. The van der Waals surface area contributed by atoms with E-state index in [0.717, 1.165) is 19.3 Å². The molecule has 1 N–H and O–H groups in total. The molecule has 1 aliphatic rings. The van der Waals surface area contributed by atoms with Crippen LogP contribution in [0.25, 0.3) is 0 Å². The lowest BCUT2D eigenvalue weighted by Gasteiger charge is -2.27. The second kappa shape index (κ2) is 7.19. The number of aromatic nitrogens is 1. The summed E-state index contributed by atoms with van der Waals surface area (Å²) < 4.78 is 27.3. The van der Waals surface area contributed by atoms with Gasteiger partial charge in [0.25, 0.3) is 0 Å². The van der Waals surface area contributed by atoms with Crippen LogP contribution in [-0.4, -0.2) is 48.3 Å². The summed E-state index contributed by atoms with van der Waals surface area (Å²) in [5.41, 5.74) is 0. The lowest BCUT2D eigenvalue weighted by Crippen LogP contribution is -2.36. The Balaban J connectivity index is 2.23. The van der Waals surface area contributed by atoms with E-state index in [1.165, 1.54) is 0 Å². The van der Waals surface area contributed by atoms with Crippen molar-refractivity contribution >= 4 is 27.6 Å². The predicted octanol–water partition coefficient (Wildman–Crippen LogP) is 2.81. The van der Waals surface area contributed by atoms with Crippen LogP contribution in [0.3, 0.4) is 0 Å². The third-order valence-electron chi connectivity index (χ3n) is 3.94. The number of thioether (sulfide) groups is 1. The van der Waals surface area contributed by atoms with E-state index in [-0.39, 0.29) is 9.64 Å². The van der Waals surface area contributed by atoms with Crippen LogP contribution >= 0.6 is 11.8 Å². The highest BCUT2D eigenvalue weighted by molar-refractivity contribution is 7.99. The van der Waals surface area contributed by atoms with Crippen LogP contribution in [0.4, 0.5) is 5.82 Å². The molecule has 0 saturated carbocycles. The van der Waals surface area contributed by atoms with E-state index < -0.39 is 10.0 Å². The van der Waals surface area contributed by atoms with Crippen LogP contribution in [0.15, 0.2) is 23.2 Å². The molecule has 7 heteroatoms. The molecule has 124 valence electrons.